The van der Waals surface area contributed by atoms with Crippen LogP contribution in [-0.2, 0) is 19.4 Å². The number of rotatable bonds is 4. The van der Waals surface area contributed by atoms with Gasteiger partial charge in [0.25, 0.3) is 5.56 Å². The first kappa shape index (κ1) is 15.3. The van der Waals surface area contributed by atoms with E-state index >= 15 is 0 Å². The molecule has 2 heterocycles. The lowest BCUT2D eigenvalue weighted by atomic mass is 9.97. The maximum Gasteiger partial charge on any atom is 0.263 e. The third-order valence-corrected chi connectivity index (χ3v) is 6.83. The highest BCUT2D eigenvalue weighted by atomic mass is 32.2. The van der Waals surface area contributed by atoms with E-state index in [4.69, 9.17) is 12.2 Å². The minimum Gasteiger partial charge on any atom is -0.323 e. The van der Waals surface area contributed by atoms with Gasteiger partial charge in [0.05, 0.1) is 5.39 Å². The number of hydrogen-bond donors (Lipinski definition) is 1. The highest BCUT2D eigenvalue weighted by Gasteiger charge is 2.20. The van der Waals surface area contributed by atoms with E-state index in [9.17, 15) is 4.79 Å². The van der Waals surface area contributed by atoms with Crippen LogP contribution in [0.15, 0.2) is 4.79 Å². The van der Waals surface area contributed by atoms with E-state index in [2.05, 4.69) is 18.2 Å². The predicted octanol–water partition coefficient (Wildman–Crippen LogP) is 4.14. The number of aromatic nitrogens is 2. The Bertz CT molecular complexity index is 772. The number of thiophene rings is 1. The average molecular weight is 341 g/mol. The molecule has 6 heteroatoms. The minimum atomic E-state index is 0.112. The molecule has 3 rings (SSSR count). The minimum absolute atomic E-state index is 0.112. The van der Waals surface area contributed by atoms with E-state index in [-0.39, 0.29) is 5.56 Å². The van der Waals surface area contributed by atoms with Crippen molar-refractivity contribution in [3.8, 4) is 0 Å². The van der Waals surface area contributed by atoms with E-state index in [1.54, 1.807) is 15.9 Å². The first-order valence-corrected chi connectivity index (χ1v) is 9.93. The fourth-order valence-electron chi connectivity index (χ4n) is 2.90. The van der Waals surface area contributed by atoms with Crippen molar-refractivity contribution >= 4 is 45.5 Å². The first-order chi connectivity index (χ1) is 10.1. The Morgan fingerprint density at radius 3 is 2.95 bits per heavy atom. The van der Waals surface area contributed by atoms with Crippen LogP contribution in [-0.4, -0.2) is 21.1 Å². The van der Waals surface area contributed by atoms with Crippen LogP contribution < -0.4 is 5.56 Å². The lowest BCUT2D eigenvalue weighted by Gasteiger charge is -2.12. The largest absolute Gasteiger partial charge is 0.323 e. The van der Waals surface area contributed by atoms with Gasteiger partial charge in [-0.25, -0.2) is 0 Å². The smallest absolute Gasteiger partial charge is 0.263 e. The van der Waals surface area contributed by atoms with E-state index in [1.807, 2.05) is 11.8 Å². The summed E-state index contributed by atoms with van der Waals surface area (Å²) in [6.07, 6.45) is 7.65. The Balaban J connectivity index is 2.09. The topological polar surface area (TPSA) is 37.8 Å². The van der Waals surface area contributed by atoms with Crippen molar-refractivity contribution in [3.05, 3.63) is 25.6 Å². The number of H-pyrrole nitrogens is 1. The summed E-state index contributed by atoms with van der Waals surface area (Å²) in [6.45, 7) is 2.89. The molecule has 0 radical (unpaired) electrons. The molecular weight excluding hydrogens is 320 g/mol. The van der Waals surface area contributed by atoms with Gasteiger partial charge in [0.2, 0.25) is 0 Å². The second kappa shape index (κ2) is 6.26. The molecule has 1 unspecified atom stereocenters. The van der Waals surface area contributed by atoms with Crippen molar-refractivity contribution in [1.82, 2.24) is 9.55 Å². The Labute approximate surface area is 137 Å². The molecule has 2 aromatic rings. The zero-order valence-corrected chi connectivity index (χ0v) is 14.8. The second-order valence-electron chi connectivity index (χ2n) is 5.64. The Hall–Kier alpha value is -0.590. The molecule has 21 heavy (non-hydrogen) atoms. The third-order valence-electron chi connectivity index (χ3n) is 4.26. The van der Waals surface area contributed by atoms with E-state index in [0.717, 1.165) is 29.5 Å². The molecule has 2 aromatic heterocycles. The lowest BCUT2D eigenvalue weighted by Crippen LogP contribution is -2.23. The number of aryl methyl sites for hydroxylation is 2. The summed E-state index contributed by atoms with van der Waals surface area (Å²) >= 11 is 8.96. The zero-order valence-electron chi connectivity index (χ0n) is 12.4. The third kappa shape index (κ3) is 2.85. The summed E-state index contributed by atoms with van der Waals surface area (Å²) in [5.74, 6) is 0. The van der Waals surface area contributed by atoms with Crippen LogP contribution in [0.1, 0.15) is 36.6 Å². The molecule has 1 N–H and O–H groups in total. The van der Waals surface area contributed by atoms with Crippen molar-refractivity contribution in [2.24, 2.45) is 0 Å². The molecule has 0 fully saturated rings. The van der Waals surface area contributed by atoms with Crippen LogP contribution >= 0.6 is 35.3 Å². The fraction of sp³-hybridized carbons (Fsp3) is 0.600. The Kier molecular flexibility index (Phi) is 4.57. The fourth-order valence-corrected chi connectivity index (χ4v) is 4.87. The van der Waals surface area contributed by atoms with Crippen molar-refractivity contribution in [1.29, 1.82) is 0 Å². The van der Waals surface area contributed by atoms with Crippen molar-refractivity contribution in [2.45, 2.75) is 50.8 Å². The molecule has 1 aliphatic carbocycles. The molecule has 0 aromatic carbocycles. The highest BCUT2D eigenvalue weighted by Crippen LogP contribution is 2.33. The molecule has 0 saturated heterocycles. The number of hydrogen-bond acceptors (Lipinski definition) is 4. The molecule has 114 valence electrons. The summed E-state index contributed by atoms with van der Waals surface area (Å²) in [7, 11) is 0. The van der Waals surface area contributed by atoms with Crippen molar-refractivity contribution in [3.63, 3.8) is 0 Å². The molecule has 0 aliphatic heterocycles. The first-order valence-electron chi connectivity index (χ1n) is 7.42. The molecule has 1 aliphatic rings. The summed E-state index contributed by atoms with van der Waals surface area (Å²) in [5, 5.41) is 1.44. The van der Waals surface area contributed by atoms with Crippen LogP contribution in [0.5, 0.6) is 0 Å². The van der Waals surface area contributed by atoms with Crippen LogP contribution in [0, 0.1) is 4.77 Å². The van der Waals surface area contributed by atoms with Gasteiger partial charge in [-0.3, -0.25) is 9.36 Å². The Morgan fingerprint density at radius 2 is 2.19 bits per heavy atom. The van der Waals surface area contributed by atoms with Crippen LogP contribution in [0.4, 0.5) is 0 Å². The molecule has 3 nitrogen and oxygen atoms in total. The number of fused-ring (bicyclic) bond motifs is 3. The monoisotopic (exact) mass is 340 g/mol. The molecule has 0 spiro atoms. The summed E-state index contributed by atoms with van der Waals surface area (Å²) in [4.78, 5) is 18.5. The normalized spacial score (nSPS) is 16.1. The standard InChI is InChI=1S/C15H20N2OS3/c1-9(20-2)7-8-17-14(18)12-10-5-3-4-6-11(10)21-13(12)16-15(17)19/h9H,3-8H2,1-2H3,(H,16,19). The van der Waals surface area contributed by atoms with Crippen LogP contribution in [0.2, 0.25) is 0 Å². The van der Waals surface area contributed by atoms with Crippen molar-refractivity contribution in [2.75, 3.05) is 6.26 Å². The van der Waals surface area contributed by atoms with Gasteiger partial charge in [-0.2, -0.15) is 11.8 Å². The van der Waals surface area contributed by atoms with Gasteiger partial charge in [-0.1, -0.05) is 6.92 Å². The number of aromatic amines is 1. The number of nitrogens with zero attached hydrogens (tertiary/aromatic N) is 1. The van der Waals surface area contributed by atoms with Gasteiger partial charge >= 0.3 is 0 Å². The molecular formula is C15H20N2OS3. The number of nitrogens with one attached hydrogen (secondary N) is 1. The van der Waals surface area contributed by atoms with E-state index in [1.165, 1.54) is 23.3 Å². The van der Waals surface area contributed by atoms with Gasteiger partial charge in [-0.15, -0.1) is 11.3 Å². The summed E-state index contributed by atoms with van der Waals surface area (Å²) < 4.78 is 2.32. The molecule has 0 bridgehead atoms. The van der Waals surface area contributed by atoms with Gasteiger partial charge in [0.1, 0.15) is 4.83 Å². The predicted molar refractivity (Wildman–Crippen MR) is 95.5 cm³/mol. The van der Waals surface area contributed by atoms with Crippen molar-refractivity contribution < 1.29 is 0 Å². The van der Waals surface area contributed by atoms with E-state index < -0.39 is 0 Å². The second-order valence-corrected chi connectivity index (χ2v) is 8.40. The van der Waals surface area contributed by atoms with Gasteiger partial charge < -0.3 is 4.98 Å². The maximum absolute atomic E-state index is 12.9. The zero-order chi connectivity index (χ0) is 15.0. The van der Waals surface area contributed by atoms with Gasteiger partial charge in [-0.05, 0) is 56.1 Å². The highest BCUT2D eigenvalue weighted by molar-refractivity contribution is 7.99. The van der Waals surface area contributed by atoms with Gasteiger partial charge in [0.15, 0.2) is 4.77 Å². The average Bonchev–Trinajstić information content (AvgIpc) is 2.84. The number of thioether (sulfide) groups is 1. The summed E-state index contributed by atoms with van der Waals surface area (Å²) in [6, 6.07) is 0. The quantitative estimate of drug-likeness (QED) is 0.850. The molecule has 0 amide bonds. The van der Waals surface area contributed by atoms with Crippen LogP contribution in [0.25, 0.3) is 10.2 Å². The molecule has 0 saturated carbocycles. The Morgan fingerprint density at radius 1 is 1.43 bits per heavy atom. The van der Waals surface area contributed by atoms with E-state index in [0.29, 0.717) is 16.6 Å². The van der Waals surface area contributed by atoms with Gasteiger partial charge in [0, 0.05) is 16.7 Å². The lowest BCUT2D eigenvalue weighted by molar-refractivity contribution is 0.608. The SMILES string of the molecule is CSC(C)CCn1c(=S)[nH]c2sc3c(c2c1=O)CCCC3. The molecule has 1 atom stereocenters. The maximum atomic E-state index is 12.9. The summed E-state index contributed by atoms with van der Waals surface area (Å²) in [5.41, 5.74) is 1.39. The van der Waals surface area contributed by atoms with Crippen LogP contribution in [0.3, 0.4) is 0 Å².